The van der Waals surface area contributed by atoms with Crippen LogP contribution in [0.2, 0.25) is 0 Å². The summed E-state index contributed by atoms with van der Waals surface area (Å²) in [4.78, 5) is 12.2. The van der Waals surface area contributed by atoms with Gasteiger partial charge in [0.2, 0.25) is 0 Å². The number of carbonyl (C=O) groups excluding carboxylic acids is 1. The molecule has 0 aromatic heterocycles. The molecule has 0 saturated heterocycles. The molecule has 1 amide bonds. The molecule has 16 heavy (non-hydrogen) atoms. The number of rotatable bonds is 4. The van der Waals surface area contributed by atoms with E-state index >= 15 is 0 Å². The second-order valence-corrected chi connectivity index (χ2v) is 4.58. The summed E-state index contributed by atoms with van der Waals surface area (Å²) in [7, 11) is 1.99. The van der Waals surface area contributed by atoms with E-state index in [0.717, 1.165) is 11.4 Å². The Balaban J connectivity index is 2.77. The summed E-state index contributed by atoms with van der Waals surface area (Å²) in [5.74, 6) is -0.248. The molecule has 1 aromatic carbocycles. The molecule has 0 fully saturated rings. The molecule has 88 valence electrons. The lowest BCUT2D eigenvalue weighted by Crippen LogP contribution is -3.12. The first-order valence-corrected chi connectivity index (χ1v) is 5.59. The number of amides is 1. The van der Waals surface area contributed by atoms with Crippen LogP contribution in [0, 0.1) is 13.8 Å². The average Bonchev–Trinajstić information content (AvgIpc) is 2.20. The molecule has 0 radical (unpaired) electrons. The average molecular weight is 221 g/mol. The van der Waals surface area contributed by atoms with Crippen LogP contribution >= 0.6 is 0 Å². The molecule has 0 heterocycles. The number of nitrogens with one attached hydrogen (secondary N) is 1. The highest BCUT2D eigenvalue weighted by molar-refractivity contribution is 5.77. The Kier molecular flexibility index (Phi) is 4.07. The van der Waals surface area contributed by atoms with Gasteiger partial charge in [0.15, 0.2) is 6.04 Å². The summed E-state index contributed by atoms with van der Waals surface area (Å²) in [5, 5.41) is 0. The summed E-state index contributed by atoms with van der Waals surface area (Å²) in [6.07, 6.45) is 0. The second-order valence-electron chi connectivity index (χ2n) is 4.58. The van der Waals surface area contributed by atoms with Gasteiger partial charge in [-0.3, -0.25) is 4.79 Å². The predicted octanol–water partition coefficient (Wildman–Crippen LogP) is 0.192. The minimum atomic E-state index is -0.248. The number of benzene rings is 1. The summed E-state index contributed by atoms with van der Waals surface area (Å²) in [6.45, 7) is 6.88. The van der Waals surface area contributed by atoms with Crippen LogP contribution in [0.3, 0.4) is 0 Å². The summed E-state index contributed by atoms with van der Waals surface area (Å²) < 4.78 is 0. The smallest absolute Gasteiger partial charge is 0.275 e. The Morgan fingerprint density at radius 1 is 1.44 bits per heavy atom. The van der Waals surface area contributed by atoms with E-state index in [1.807, 2.05) is 14.0 Å². The van der Waals surface area contributed by atoms with Gasteiger partial charge in [0.25, 0.3) is 5.91 Å². The Bertz CT molecular complexity index is 388. The van der Waals surface area contributed by atoms with Crippen LogP contribution in [0.25, 0.3) is 0 Å². The topological polar surface area (TPSA) is 47.5 Å². The number of nitrogens with two attached hydrogens (primary N) is 1. The molecule has 0 aliphatic carbocycles. The lowest BCUT2D eigenvalue weighted by molar-refractivity contribution is -0.908. The highest BCUT2D eigenvalue weighted by Gasteiger charge is 2.19. The highest BCUT2D eigenvalue weighted by Crippen LogP contribution is 2.09. The van der Waals surface area contributed by atoms with Gasteiger partial charge in [-0.05, 0) is 26.3 Å². The fourth-order valence-corrected chi connectivity index (χ4v) is 1.74. The van der Waals surface area contributed by atoms with E-state index in [-0.39, 0.29) is 11.9 Å². The minimum absolute atomic E-state index is 0.152. The van der Waals surface area contributed by atoms with Crippen LogP contribution in [-0.4, -0.2) is 19.0 Å². The van der Waals surface area contributed by atoms with Crippen LogP contribution in [-0.2, 0) is 11.3 Å². The lowest BCUT2D eigenvalue weighted by Gasteiger charge is -2.20. The Morgan fingerprint density at radius 2 is 2.06 bits per heavy atom. The number of hydrogen-bond donors (Lipinski definition) is 2. The zero-order valence-electron chi connectivity index (χ0n) is 10.5. The minimum Gasteiger partial charge on any atom is -0.365 e. The van der Waals surface area contributed by atoms with Crippen molar-refractivity contribution >= 4 is 5.91 Å². The van der Waals surface area contributed by atoms with Gasteiger partial charge >= 0.3 is 0 Å². The Hall–Kier alpha value is -1.35. The molecule has 0 aliphatic heterocycles. The largest absolute Gasteiger partial charge is 0.365 e. The monoisotopic (exact) mass is 221 g/mol. The Morgan fingerprint density at radius 3 is 2.56 bits per heavy atom. The third kappa shape index (κ3) is 3.07. The van der Waals surface area contributed by atoms with Gasteiger partial charge in [-0.15, -0.1) is 0 Å². The van der Waals surface area contributed by atoms with E-state index in [0.29, 0.717) is 0 Å². The maximum Gasteiger partial charge on any atom is 0.275 e. The fourth-order valence-electron chi connectivity index (χ4n) is 1.74. The number of likely N-dealkylation sites (N-methyl/N-ethyl adjacent to an activating group) is 1. The van der Waals surface area contributed by atoms with E-state index in [9.17, 15) is 4.79 Å². The van der Waals surface area contributed by atoms with Crippen molar-refractivity contribution in [3.63, 3.8) is 0 Å². The molecule has 1 aromatic rings. The Labute approximate surface area is 97.2 Å². The van der Waals surface area contributed by atoms with E-state index in [2.05, 4.69) is 32.0 Å². The molecule has 1 unspecified atom stereocenters. The maximum atomic E-state index is 11.1. The molecule has 0 spiro atoms. The van der Waals surface area contributed by atoms with Crippen LogP contribution in [0.4, 0.5) is 0 Å². The molecule has 3 heteroatoms. The van der Waals surface area contributed by atoms with Gasteiger partial charge in [0.05, 0.1) is 7.05 Å². The van der Waals surface area contributed by atoms with Gasteiger partial charge in [0, 0.05) is 5.56 Å². The van der Waals surface area contributed by atoms with Crippen molar-refractivity contribution in [3.8, 4) is 0 Å². The third-order valence-electron chi connectivity index (χ3n) is 3.13. The second kappa shape index (κ2) is 5.12. The first-order valence-electron chi connectivity index (χ1n) is 5.59. The molecular weight excluding hydrogens is 200 g/mol. The summed E-state index contributed by atoms with van der Waals surface area (Å²) >= 11 is 0. The molecule has 3 nitrogen and oxygen atoms in total. The van der Waals surface area contributed by atoms with Crippen LogP contribution < -0.4 is 10.6 Å². The quantitative estimate of drug-likeness (QED) is 0.749. The van der Waals surface area contributed by atoms with E-state index in [1.165, 1.54) is 16.7 Å². The molecule has 3 N–H and O–H groups in total. The van der Waals surface area contributed by atoms with E-state index in [4.69, 9.17) is 5.73 Å². The van der Waals surface area contributed by atoms with Gasteiger partial charge in [-0.25, -0.2) is 0 Å². The number of hydrogen-bond acceptors (Lipinski definition) is 1. The SMILES string of the molecule is Cc1ccc(C[NH+](C)[C@@H](C)C(N)=O)c(C)c1. The van der Waals surface area contributed by atoms with Crippen molar-refractivity contribution in [2.75, 3.05) is 7.05 Å². The molecular formula is C13H21N2O+. The fraction of sp³-hybridized carbons (Fsp3) is 0.462. The number of carbonyl (C=O) groups is 1. The van der Waals surface area contributed by atoms with Gasteiger partial charge in [-0.1, -0.05) is 23.8 Å². The maximum absolute atomic E-state index is 11.1. The normalized spacial score (nSPS) is 14.5. The van der Waals surface area contributed by atoms with Crippen molar-refractivity contribution in [3.05, 3.63) is 34.9 Å². The van der Waals surface area contributed by atoms with E-state index < -0.39 is 0 Å². The first-order chi connectivity index (χ1) is 7.41. The highest BCUT2D eigenvalue weighted by atomic mass is 16.1. The number of quaternary nitrogens is 1. The van der Waals surface area contributed by atoms with Crippen LogP contribution in [0.15, 0.2) is 18.2 Å². The summed E-state index contributed by atoms with van der Waals surface area (Å²) in [6, 6.07) is 6.24. The van der Waals surface area contributed by atoms with Crippen molar-refractivity contribution in [1.82, 2.24) is 0 Å². The van der Waals surface area contributed by atoms with Crippen molar-refractivity contribution < 1.29 is 9.69 Å². The molecule has 0 bridgehead atoms. The van der Waals surface area contributed by atoms with E-state index in [1.54, 1.807) is 0 Å². The van der Waals surface area contributed by atoms with Crippen molar-refractivity contribution in [2.24, 2.45) is 5.73 Å². The first kappa shape index (κ1) is 12.7. The summed E-state index contributed by atoms with van der Waals surface area (Å²) in [5.41, 5.74) is 9.11. The zero-order chi connectivity index (χ0) is 12.3. The van der Waals surface area contributed by atoms with Gasteiger partial charge in [-0.2, -0.15) is 0 Å². The number of aryl methyl sites for hydroxylation is 2. The van der Waals surface area contributed by atoms with Gasteiger partial charge < -0.3 is 10.6 Å². The standard InChI is InChI=1S/C13H20N2O/c1-9-5-6-12(10(2)7-9)8-15(4)11(3)13(14)16/h5-7,11H,8H2,1-4H3,(H2,14,16)/p+1/t11-/m0/s1. The lowest BCUT2D eigenvalue weighted by atomic mass is 10.0. The zero-order valence-corrected chi connectivity index (χ0v) is 10.5. The number of primary amides is 1. The molecule has 0 aliphatic rings. The molecule has 1 rings (SSSR count). The molecule has 0 saturated carbocycles. The third-order valence-corrected chi connectivity index (χ3v) is 3.13. The van der Waals surface area contributed by atoms with Crippen LogP contribution in [0.1, 0.15) is 23.6 Å². The van der Waals surface area contributed by atoms with Crippen molar-refractivity contribution in [2.45, 2.75) is 33.4 Å². The molecule has 2 atom stereocenters. The van der Waals surface area contributed by atoms with Crippen molar-refractivity contribution in [1.29, 1.82) is 0 Å². The predicted molar refractivity (Wildman–Crippen MR) is 65.2 cm³/mol. The van der Waals surface area contributed by atoms with Gasteiger partial charge in [0.1, 0.15) is 6.54 Å². The van der Waals surface area contributed by atoms with Crippen LogP contribution in [0.5, 0.6) is 0 Å².